The monoisotopic (exact) mass is 431 g/mol. The Morgan fingerprint density at radius 2 is 1.50 bits per heavy atom. The van der Waals surface area contributed by atoms with Gasteiger partial charge in [-0.3, -0.25) is 9.69 Å². The maximum atomic E-state index is 12.5. The van der Waals surface area contributed by atoms with Crippen molar-refractivity contribution in [2.75, 3.05) is 26.0 Å². The highest BCUT2D eigenvalue weighted by Crippen LogP contribution is 2.19. The zero-order valence-electron chi connectivity index (χ0n) is 18.7. The summed E-state index contributed by atoms with van der Waals surface area (Å²) in [5, 5.41) is 2.82. The van der Waals surface area contributed by atoms with E-state index in [9.17, 15) is 13.2 Å². The number of benzene rings is 2. The Morgan fingerprint density at radius 3 is 2.00 bits per heavy atom. The Balaban J connectivity index is 1.93. The Kier molecular flexibility index (Phi) is 8.18. The fourth-order valence-electron chi connectivity index (χ4n) is 2.98. The van der Waals surface area contributed by atoms with Crippen LogP contribution in [0.25, 0.3) is 0 Å². The van der Waals surface area contributed by atoms with Crippen LogP contribution in [0.1, 0.15) is 44.7 Å². The number of rotatable bonds is 9. The topological polar surface area (TPSA) is 69.7 Å². The van der Waals surface area contributed by atoms with Crippen LogP contribution in [0.3, 0.4) is 0 Å². The molecule has 0 spiro atoms. The van der Waals surface area contributed by atoms with Gasteiger partial charge < -0.3 is 5.32 Å². The standard InChI is InChI=1S/C23H33N3O3S/c1-17(2)20-9-7-19(8-10-20)15-25(5)16-23(27)24-21-11-13-22(14-12-21)30(28,29)26(6)18(3)4/h7-14,17-18H,15-16H2,1-6H3,(H,24,27). The van der Waals surface area contributed by atoms with E-state index in [-0.39, 0.29) is 23.4 Å². The van der Waals surface area contributed by atoms with Gasteiger partial charge in [-0.05, 0) is 62.2 Å². The molecule has 0 bridgehead atoms. The van der Waals surface area contributed by atoms with Crippen molar-refractivity contribution in [2.45, 2.75) is 51.1 Å². The normalized spacial score (nSPS) is 12.2. The van der Waals surface area contributed by atoms with Crippen molar-refractivity contribution in [1.29, 1.82) is 0 Å². The lowest BCUT2D eigenvalue weighted by molar-refractivity contribution is -0.117. The van der Waals surface area contributed by atoms with Gasteiger partial charge in [0.2, 0.25) is 15.9 Å². The minimum absolute atomic E-state index is 0.133. The van der Waals surface area contributed by atoms with E-state index >= 15 is 0 Å². The summed E-state index contributed by atoms with van der Waals surface area (Å²) in [7, 11) is -0.0796. The molecule has 0 radical (unpaired) electrons. The van der Waals surface area contributed by atoms with Crippen molar-refractivity contribution in [3.8, 4) is 0 Å². The van der Waals surface area contributed by atoms with E-state index in [1.54, 1.807) is 19.2 Å². The summed E-state index contributed by atoms with van der Waals surface area (Å²) in [4.78, 5) is 14.5. The first kappa shape index (κ1) is 24.1. The third-order valence-electron chi connectivity index (χ3n) is 5.05. The fourth-order valence-corrected chi connectivity index (χ4v) is 4.34. The summed E-state index contributed by atoms with van der Waals surface area (Å²) in [6.45, 7) is 8.88. The van der Waals surface area contributed by atoms with Crippen LogP contribution < -0.4 is 5.32 Å². The molecule has 0 aliphatic carbocycles. The molecule has 1 N–H and O–H groups in total. The summed E-state index contributed by atoms with van der Waals surface area (Å²) in [5.74, 6) is 0.348. The van der Waals surface area contributed by atoms with Gasteiger partial charge in [-0.15, -0.1) is 0 Å². The van der Waals surface area contributed by atoms with Crippen LogP contribution in [0.5, 0.6) is 0 Å². The predicted molar refractivity (Wildman–Crippen MR) is 122 cm³/mol. The first-order valence-electron chi connectivity index (χ1n) is 10.2. The number of anilines is 1. The second-order valence-corrected chi connectivity index (χ2v) is 10.3. The fraction of sp³-hybridized carbons (Fsp3) is 0.435. The van der Waals surface area contributed by atoms with Crippen LogP contribution >= 0.6 is 0 Å². The highest BCUT2D eigenvalue weighted by molar-refractivity contribution is 7.89. The zero-order chi connectivity index (χ0) is 22.5. The molecule has 0 atom stereocenters. The molecule has 6 nitrogen and oxygen atoms in total. The lowest BCUT2D eigenvalue weighted by atomic mass is 10.0. The molecule has 0 unspecified atom stereocenters. The second kappa shape index (κ2) is 10.2. The summed E-state index contributed by atoms with van der Waals surface area (Å²) in [6, 6.07) is 14.6. The van der Waals surface area contributed by atoms with Crippen LogP contribution in [0.15, 0.2) is 53.4 Å². The molecule has 0 heterocycles. The average Bonchev–Trinajstić information content (AvgIpc) is 2.67. The molecule has 2 aromatic rings. The molecule has 164 valence electrons. The van der Waals surface area contributed by atoms with Gasteiger partial charge in [0.05, 0.1) is 11.4 Å². The van der Waals surface area contributed by atoms with E-state index in [0.29, 0.717) is 18.2 Å². The van der Waals surface area contributed by atoms with Crippen LogP contribution in [-0.2, 0) is 21.4 Å². The largest absolute Gasteiger partial charge is 0.325 e. The van der Waals surface area contributed by atoms with E-state index in [1.165, 1.54) is 22.0 Å². The molecule has 30 heavy (non-hydrogen) atoms. The Morgan fingerprint density at radius 1 is 0.933 bits per heavy atom. The smallest absolute Gasteiger partial charge is 0.243 e. The average molecular weight is 432 g/mol. The van der Waals surface area contributed by atoms with Crippen molar-refractivity contribution in [3.05, 3.63) is 59.7 Å². The van der Waals surface area contributed by atoms with Gasteiger partial charge in [0.15, 0.2) is 0 Å². The number of hydrogen-bond donors (Lipinski definition) is 1. The molecule has 2 aromatic carbocycles. The molecule has 7 heteroatoms. The maximum Gasteiger partial charge on any atom is 0.243 e. The quantitative estimate of drug-likeness (QED) is 0.654. The predicted octanol–water partition coefficient (Wildman–Crippen LogP) is 3.91. The van der Waals surface area contributed by atoms with Crippen molar-refractivity contribution in [3.63, 3.8) is 0 Å². The van der Waals surface area contributed by atoms with E-state index < -0.39 is 10.0 Å². The number of carbonyl (C=O) groups excluding carboxylic acids is 1. The van der Waals surface area contributed by atoms with Crippen LogP contribution in [0, 0.1) is 0 Å². The molecule has 0 saturated carbocycles. The molecule has 0 aliphatic rings. The maximum absolute atomic E-state index is 12.5. The first-order chi connectivity index (χ1) is 14.0. The van der Waals surface area contributed by atoms with Crippen LogP contribution in [0.4, 0.5) is 5.69 Å². The van der Waals surface area contributed by atoms with Gasteiger partial charge in [-0.2, -0.15) is 4.31 Å². The van der Waals surface area contributed by atoms with E-state index in [2.05, 4.69) is 43.4 Å². The summed E-state index contributed by atoms with van der Waals surface area (Å²) >= 11 is 0. The lowest BCUT2D eigenvalue weighted by Crippen LogP contribution is -2.33. The Bertz CT molecular complexity index is 937. The number of nitrogens with one attached hydrogen (secondary N) is 1. The summed E-state index contributed by atoms with van der Waals surface area (Å²) in [6.07, 6.45) is 0. The van der Waals surface area contributed by atoms with Crippen molar-refractivity contribution < 1.29 is 13.2 Å². The van der Waals surface area contributed by atoms with Gasteiger partial charge in [0.1, 0.15) is 0 Å². The molecule has 0 fully saturated rings. The number of likely N-dealkylation sites (N-methyl/N-ethyl adjacent to an activating group) is 1. The van der Waals surface area contributed by atoms with Gasteiger partial charge in [0.25, 0.3) is 0 Å². The van der Waals surface area contributed by atoms with Crippen molar-refractivity contribution in [2.24, 2.45) is 0 Å². The Hall–Kier alpha value is -2.22. The number of nitrogens with zero attached hydrogens (tertiary/aromatic N) is 2. The van der Waals surface area contributed by atoms with Crippen LogP contribution in [-0.4, -0.2) is 50.2 Å². The van der Waals surface area contributed by atoms with E-state index in [4.69, 9.17) is 0 Å². The third-order valence-corrected chi connectivity index (χ3v) is 7.10. The SMILES string of the molecule is CC(C)c1ccc(CN(C)CC(=O)Nc2ccc(S(=O)(=O)N(C)C(C)C)cc2)cc1. The molecule has 2 rings (SSSR count). The van der Waals surface area contributed by atoms with Crippen LogP contribution in [0.2, 0.25) is 0 Å². The molecule has 0 aromatic heterocycles. The third kappa shape index (κ3) is 6.39. The van der Waals surface area contributed by atoms with E-state index in [1.807, 2.05) is 25.8 Å². The van der Waals surface area contributed by atoms with E-state index in [0.717, 1.165) is 5.56 Å². The molecule has 1 amide bonds. The van der Waals surface area contributed by atoms with Crippen molar-refractivity contribution in [1.82, 2.24) is 9.21 Å². The second-order valence-electron chi connectivity index (χ2n) is 8.26. The number of hydrogen-bond acceptors (Lipinski definition) is 4. The Labute approximate surface area is 180 Å². The molecular formula is C23H33N3O3S. The van der Waals surface area contributed by atoms with Gasteiger partial charge in [-0.25, -0.2) is 8.42 Å². The van der Waals surface area contributed by atoms with Gasteiger partial charge >= 0.3 is 0 Å². The highest BCUT2D eigenvalue weighted by atomic mass is 32.2. The molecule has 0 aliphatic heterocycles. The highest BCUT2D eigenvalue weighted by Gasteiger charge is 2.22. The minimum Gasteiger partial charge on any atom is -0.325 e. The number of sulfonamides is 1. The summed E-state index contributed by atoms with van der Waals surface area (Å²) < 4.78 is 26.4. The minimum atomic E-state index is -3.53. The van der Waals surface area contributed by atoms with Gasteiger partial charge in [-0.1, -0.05) is 38.1 Å². The van der Waals surface area contributed by atoms with Crippen molar-refractivity contribution >= 4 is 21.6 Å². The number of carbonyl (C=O) groups is 1. The number of amides is 1. The molecule has 0 saturated heterocycles. The lowest BCUT2D eigenvalue weighted by Gasteiger charge is -2.21. The van der Waals surface area contributed by atoms with Gasteiger partial charge in [0, 0.05) is 25.3 Å². The molecular weight excluding hydrogens is 398 g/mol. The summed E-state index contributed by atoms with van der Waals surface area (Å²) in [5.41, 5.74) is 3.02. The first-order valence-corrected chi connectivity index (χ1v) is 11.6. The zero-order valence-corrected chi connectivity index (χ0v) is 19.5.